The van der Waals surface area contributed by atoms with Gasteiger partial charge in [0.25, 0.3) is 0 Å². The van der Waals surface area contributed by atoms with E-state index in [2.05, 4.69) is 5.32 Å². The lowest BCUT2D eigenvalue weighted by Crippen LogP contribution is -2.55. The highest BCUT2D eigenvalue weighted by molar-refractivity contribution is 7.92. The van der Waals surface area contributed by atoms with Gasteiger partial charge in [0.15, 0.2) is 0 Å². The van der Waals surface area contributed by atoms with Gasteiger partial charge < -0.3 is 10.2 Å². The van der Waals surface area contributed by atoms with Gasteiger partial charge >= 0.3 is 0 Å². The van der Waals surface area contributed by atoms with E-state index < -0.39 is 34.1 Å². The van der Waals surface area contributed by atoms with Crippen LogP contribution in [0, 0.1) is 0 Å². The van der Waals surface area contributed by atoms with Crippen molar-refractivity contribution in [2.24, 2.45) is 0 Å². The van der Waals surface area contributed by atoms with Crippen molar-refractivity contribution in [1.82, 2.24) is 10.2 Å². The number of para-hydroxylation sites is 1. The van der Waals surface area contributed by atoms with E-state index in [9.17, 15) is 18.0 Å². The summed E-state index contributed by atoms with van der Waals surface area (Å²) in [7, 11) is -3.72. The molecule has 1 N–H and O–H groups in total. The molecule has 0 saturated carbocycles. The molecule has 7 nitrogen and oxygen atoms in total. The second kappa shape index (κ2) is 10.6. The largest absolute Gasteiger partial charge is 0.350 e. The number of hydrogen-bond donors (Lipinski definition) is 1. The van der Waals surface area contributed by atoms with Gasteiger partial charge in [-0.3, -0.25) is 13.9 Å². The van der Waals surface area contributed by atoms with Crippen LogP contribution in [0.3, 0.4) is 0 Å². The second-order valence-electron chi connectivity index (χ2n) is 8.78. The van der Waals surface area contributed by atoms with Crippen molar-refractivity contribution < 1.29 is 18.0 Å². The standard InChI is InChI=1S/C24H33N3O4S/c1-6-21(23(29)25-24(2,3)4)26(17-19-13-9-7-10-14-19)22(28)18-27(32(5,30)31)20-15-11-8-12-16-20/h7-16,21H,6,17-18H2,1-5H3,(H,25,29)/t21-/m1/s1. The van der Waals surface area contributed by atoms with E-state index in [1.54, 1.807) is 30.3 Å². The molecular formula is C24H33N3O4S. The highest BCUT2D eigenvalue weighted by Crippen LogP contribution is 2.19. The molecule has 0 bridgehead atoms. The Morgan fingerprint density at radius 2 is 1.50 bits per heavy atom. The van der Waals surface area contributed by atoms with Crippen molar-refractivity contribution in [3.8, 4) is 0 Å². The predicted octanol–water partition coefficient (Wildman–Crippen LogP) is 3.17. The fourth-order valence-electron chi connectivity index (χ4n) is 3.36. The summed E-state index contributed by atoms with van der Waals surface area (Å²) in [6.45, 7) is 7.27. The Kier molecular flexibility index (Phi) is 8.44. The Labute approximate surface area is 191 Å². The van der Waals surface area contributed by atoms with E-state index >= 15 is 0 Å². The van der Waals surface area contributed by atoms with Crippen LogP contribution in [0.25, 0.3) is 0 Å². The molecule has 0 spiro atoms. The average molecular weight is 460 g/mol. The quantitative estimate of drug-likeness (QED) is 0.624. The van der Waals surface area contributed by atoms with E-state index in [0.29, 0.717) is 12.1 Å². The normalized spacial score (nSPS) is 12.7. The zero-order valence-corrected chi connectivity index (χ0v) is 20.2. The summed E-state index contributed by atoms with van der Waals surface area (Å²) in [4.78, 5) is 28.0. The van der Waals surface area contributed by atoms with Crippen molar-refractivity contribution >= 4 is 27.5 Å². The lowest BCUT2D eigenvalue weighted by Gasteiger charge is -2.34. The highest BCUT2D eigenvalue weighted by Gasteiger charge is 2.32. The molecule has 2 aromatic carbocycles. The van der Waals surface area contributed by atoms with E-state index in [0.717, 1.165) is 16.1 Å². The van der Waals surface area contributed by atoms with Crippen LogP contribution in [0.1, 0.15) is 39.7 Å². The molecule has 32 heavy (non-hydrogen) atoms. The number of sulfonamides is 1. The van der Waals surface area contributed by atoms with E-state index in [-0.39, 0.29) is 12.5 Å². The van der Waals surface area contributed by atoms with Gasteiger partial charge in [0, 0.05) is 12.1 Å². The zero-order chi connectivity index (χ0) is 23.9. The number of anilines is 1. The maximum absolute atomic E-state index is 13.5. The molecule has 0 fully saturated rings. The van der Waals surface area contributed by atoms with Gasteiger partial charge in [-0.15, -0.1) is 0 Å². The van der Waals surface area contributed by atoms with Crippen molar-refractivity contribution in [3.63, 3.8) is 0 Å². The second-order valence-corrected chi connectivity index (χ2v) is 10.7. The fraction of sp³-hybridized carbons (Fsp3) is 0.417. The smallest absolute Gasteiger partial charge is 0.244 e. The molecule has 2 aromatic rings. The molecule has 0 aromatic heterocycles. The van der Waals surface area contributed by atoms with Crippen LogP contribution in [-0.2, 0) is 26.2 Å². The van der Waals surface area contributed by atoms with Crippen molar-refractivity contribution in [2.45, 2.75) is 52.2 Å². The molecule has 0 aliphatic carbocycles. The minimum Gasteiger partial charge on any atom is -0.350 e. The molecular weight excluding hydrogens is 426 g/mol. The number of carbonyl (C=O) groups excluding carboxylic acids is 2. The number of nitrogens with one attached hydrogen (secondary N) is 1. The zero-order valence-electron chi connectivity index (χ0n) is 19.4. The van der Waals surface area contributed by atoms with Crippen molar-refractivity contribution in [2.75, 3.05) is 17.1 Å². The first-order valence-electron chi connectivity index (χ1n) is 10.6. The number of carbonyl (C=O) groups is 2. The van der Waals surface area contributed by atoms with Crippen LogP contribution < -0.4 is 9.62 Å². The molecule has 8 heteroatoms. The Balaban J connectivity index is 2.40. The summed E-state index contributed by atoms with van der Waals surface area (Å²) >= 11 is 0. The van der Waals surface area contributed by atoms with Crippen LogP contribution in [-0.4, -0.2) is 49.5 Å². The van der Waals surface area contributed by atoms with E-state index in [4.69, 9.17) is 0 Å². The SMILES string of the molecule is CC[C@H](C(=O)NC(C)(C)C)N(Cc1ccccc1)C(=O)CN(c1ccccc1)S(C)(=O)=O. The molecule has 0 unspecified atom stereocenters. The average Bonchev–Trinajstić information content (AvgIpc) is 2.71. The number of amides is 2. The molecule has 0 heterocycles. The monoisotopic (exact) mass is 459 g/mol. The van der Waals surface area contributed by atoms with E-state index in [1.165, 1.54) is 4.90 Å². The first-order chi connectivity index (χ1) is 14.9. The Morgan fingerprint density at radius 1 is 0.969 bits per heavy atom. The highest BCUT2D eigenvalue weighted by atomic mass is 32.2. The summed E-state index contributed by atoms with van der Waals surface area (Å²) < 4.78 is 26.0. The summed E-state index contributed by atoms with van der Waals surface area (Å²) in [5.74, 6) is -0.714. The van der Waals surface area contributed by atoms with Crippen LogP contribution in [0.4, 0.5) is 5.69 Å². The summed E-state index contributed by atoms with van der Waals surface area (Å²) in [5.41, 5.74) is 0.790. The molecule has 0 radical (unpaired) electrons. The summed E-state index contributed by atoms with van der Waals surface area (Å²) in [6.07, 6.45) is 1.46. The van der Waals surface area contributed by atoms with Gasteiger partial charge in [-0.1, -0.05) is 55.5 Å². The third kappa shape index (κ3) is 7.37. The van der Waals surface area contributed by atoms with Gasteiger partial charge in [-0.2, -0.15) is 0 Å². The maximum atomic E-state index is 13.5. The molecule has 174 valence electrons. The fourth-order valence-corrected chi connectivity index (χ4v) is 4.21. The minimum absolute atomic E-state index is 0.197. The Morgan fingerprint density at radius 3 is 1.97 bits per heavy atom. The van der Waals surface area contributed by atoms with Crippen molar-refractivity contribution in [3.05, 3.63) is 66.2 Å². The minimum atomic E-state index is -3.72. The van der Waals surface area contributed by atoms with Crippen LogP contribution in [0.5, 0.6) is 0 Å². The molecule has 0 saturated heterocycles. The molecule has 0 aliphatic rings. The number of hydrogen-bond acceptors (Lipinski definition) is 4. The first kappa shape index (κ1) is 25.4. The van der Waals surface area contributed by atoms with Gasteiger partial charge in [-0.25, -0.2) is 8.42 Å². The topological polar surface area (TPSA) is 86.8 Å². The number of benzene rings is 2. The van der Waals surface area contributed by atoms with E-state index in [1.807, 2.05) is 58.0 Å². The van der Waals surface area contributed by atoms with Crippen LogP contribution in [0.15, 0.2) is 60.7 Å². The van der Waals surface area contributed by atoms with Crippen molar-refractivity contribution in [1.29, 1.82) is 0 Å². The third-order valence-corrected chi connectivity index (χ3v) is 5.94. The lowest BCUT2D eigenvalue weighted by atomic mass is 10.1. The summed E-state index contributed by atoms with van der Waals surface area (Å²) in [6, 6.07) is 17.1. The van der Waals surface area contributed by atoms with Gasteiger partial charge in [-0.05, 0) is 44.9 Å². The number of nitrogens with zero attached hydrogens (tertiary/aromatic N) is 2. The molecule has 2 amide bonds. The summed E-state index contributed by atoms with van der Waals surface area (Å²) in [5, 5.41) is 2.94. The molecule has 0 aliphatic heterocycles. The van der Waals surface area contributed by atoms with Crippen LogP contribution >= 0.6 is 0 Å². The number of rotatable bonds is 9. The maximum Gasteiger partial charge on any atom is 0.244 e. The van der Waals surface area contributed by atoms with Gasteiger partial charge in [0.2, 0.25) is 21.8 Å². The Hall–Kier alpha value is -2.87. The first-order valence-corrected chi connectivity index (χ1v) is 12.5. The Bertz CT molecular complexity index is 1000. The van der Waals surface area contributed by atoms with Crippen LogP contribution in [0.2, 0.25) is 0 Å². The predicted molar refractivity (Wildman–Crippen MR) is 128 cm³/mol. The van der Waals surface area contributed by atoms with Gasteiger partial charge in [0.05, 0.1) is 11.9 Å². The third-order valence-electron chi connectivity index (χ3n) is 4.80. The lowest BCUT2D eigenvalue weighted by molar-refractivity contribution is -0.141. The molecule has 1 atom stereocenters. The molecule has 2 rings (SSSR count). The van der Waals surface area contributed by atoms with Gasteiger partial charge in [0.1, 0.15) is 12.6 Å².